The quantitative estimate of drug-likeness (QED) is 0.672. The number of hydrogen-bond acceptors (Lipinski definition) is 3. The Bertz CT molecular complexity index is 909. The summed E-state index contributed by atoms with van der Waals surface area (Å²) in [6, 6.07) is 7.62. The van der Waals surface area contributed by atoms with Crippen molar-refractivity contribution in [3.8, 4) is 0 Å². The van der Waals surface area contributed by atoms with E-state index in [2.05, 4.69) is 13.8 Å². The normalized spacial score (nSPS) is 26.8. The van der Waals surface area contributed by atoms with Crippen LogP contribution in [-0.4, -0.2) is 35.4 Å². The summed E-state index contributed by atoms with van der Waals surface area (Å²) >= 11 is 6.31. The number of hydrogen-bond donors (Lipinski definition) is 0. The maximum Gasteiger partial charge on any atom is 0.232 e. The Morgan fingerprint density at radius 3 is 2.59 bits per heavy atom. The van der Waals surface area contributed by atoms with Gasteiger partial charge in [0.2, 0.25) is 5.91 Å². The van der Waals surface area contributed by atoms with Crippen LogP contribution in [0, 0.1) is 11.3 Å². The number of benzene rings is 1. The molecule has 0 N–H and O–H groups in total. The van der Waals surface area contributed by atoms with Crippen molar-refractivity contribution in [2.45, 2.75) is 58.8 Å². The number of Topliss-reactive ketones (excluding diaryl/α,β-unsaturated/α-hetero) is 1. The van der Waals surface area contributed by atoms with Crippen molar-refractivity contribution in [3.05, 3.63) is 46.1 Å². The molecule has 0 saturated carbocycles. The van der Waals surface area contributed by atoms with Gasteiger partial charge >= 0.3 is 0 Å². The summed E-state index contributed by atoms with van der Waals surface area (Å²) in [6.45, 7) is 7.74. The van der Waals surface area contributed by atoms with E-state index in [1.165, 1.54) is 6.42 Å². The zero-order valence-electron chi connectivity index (χ0n) is 17.5. The summed E-state index contributed by atoms with van der Waals surface area (Å²) in [4.78, 5) is 33.7. The average Bonchev–Trinajstić information content (AvgIpc) is 2.66. The third-order valence-corrected chi connectivity index (χ3v) is 6.68. The Morgan fingerprint density at radius 1 is 1.17 bits per heavy atom. The smallest absolute Gasteiger partial charge is 0.232 e. The molecule has 1 amide bonds. The van der Waals surface area contributed by atoms with Crippen LogP contribution in [0.4, 0.5) is 0 Å². The minimum Gasteiger partial charge on any atom is -0.342 e. The molecule has 1 fully saturated rings. The number of likely N-dealkylation sites (tertiary alicyclic amines) is 1. The summed E-state index contributed by atoms with van der Waals surface area (Å²) in [5.74, 6) is -0.524. The Balaban J connectivity index is 1.83. The lowest BCUT2D eigenvalue weighted by Gasteiger charge is -2.41. The van der Waals surface area contributed by atoms with E-state index in [4.69, 9.17) is 16.6 Å². The van der Waals surface area contributed by atoms with Gasteiger partial charge in [-0.1, -0.05) is 37.6 Å². The van der Waals surface area contributed by atoms with Gasteiger partial charge in [0.05, 0.1) is 5.92 Å². The van der Waals surface area contributed by atoms with Gasteiger partial charge in [0.25, 0.3) is 0 Å². The predicted octanol–water partition coefficient (Wildman–Crippen LogP) is 5.17. The number of rotatable bonds is 2. The molecule has 0 aromatic heterocycles. The number of halogens is 1. The van der Waals surface area contributed by atoms with Crippen LogP contribution in [0.25, 0.3) is 0 Å². The second-order valence-electron chi connectivity index (χ2n) is 9.45. The number of aliphatic imine (C=N–C) groups is 1. The molecule has 4 rings (SSSR count). The molecule has 5 heteroatoms. The minimum absolute atomic E-state index is 0.0973. The maximum atomic E-state index is 13.6. The van der Waals surface area contributed by atoms with Crippen LogP contribution in [0.15, 0.2) is 40.5 Å². The van der Waals surface area contributed by atoms with Crippen molar-refractivity contribution in [2.24, 2.45) is 16.3 Å². The molecular weight excluding hydrogens is 384 g/mol. The van der Waals surface area contributed by atoms with Crippen molar-refractivity contribution in [3.63, 3.8) is 0 Å². The van der Waals surface area contributed by atoms with E-state index >= 15 is 0 Å². The first-order chi connectivity index (χ1) is 13.8. The van der Waals surface area contributed by atoms with Crippen LogP contribution in [-0.2, 0) is 9.59 Å². The summed E-state index contributed by atoms with van der Waals surface area (Å²) in [6.07, 6.45) is 4.49. The van der Waals surface area contributed by atoms with E-state index in [1.54, 1.807) is 0 Å². The van der Waals surface area contributed by atoms with Crippen LogP contribution in [0.5, 0.6) is 0 Å². The van der Waals surface area contributed by atoms with E-state index in [-0.39, 0.29) is 23.0 Å². The number of ketones is 1. The largest absolute Gasteiger partial charge is 0.342 e. The number of carbonyl (C=O) groups is 2. The highest BCUT2D eigenvalue weighted by Crippen LogP contribution is 2.48. The molecule has 1 aromatic carbocycles. The second-order valence-corrected chi connectivity index (χ2v) is 9.89. The van der Waals surface area contributed by atoms with Crippen LogP contribution in [0.2, 0.25) is 5.02 Å². The van der Waals surface area contributed by atoms with E-state index in [0.717, 1.165) is 54.9 Å². The molecule has 154 valence electrons. The molecule has 2 heterocycles. The van der Waals surface area contributed by atoms with Crippen LogP contribution >= 0.6 is 11.6 Å². The Morgan fingerprint density at radius 2 is 1.90 bits per heavy atom. The first kappa shape index (κ1) is 20.3. The zero-order valence-corrected chi connectivity index (χ0v) is 18.3. The Labute approximate surface area is 178 Å². The second kappa shape index (κ2) is 7.71. The van der Waals surface area contributed by atoms with E-state index in [0.29, 0.717) is 11.4 Å². The zero-order chi connectivity index (χ0) is 20.8. The predicted molar refractivity (Wildman–Crippen MR) is 116 cm³/mol. The van der Waals surface area contributed by atoms with E-state index in [1.807, 2.05) is 36.1 Å². The van der Waals surface area contributed by atoms with E-state index < -0.39 is 5.92 Å². The lowest BCUT2D eigenvalue weighted by atomic mass is 9.66. The fourth-order valence-electron chi connectivity index (χ4n) is 5.14. The number of carbonyl (C=O) groups excluding carboxylic acids is 2. The van der Waals surface area contributed by atoms with Gasteiger partial charge in [-0.2, -0.15) is 0 Å². The number of piperidine rings is 1. The standard InChI is InChI=1S/C24H29ClN2O2/c1-15-20(23(29)27-10-5-4-6-11-27)21(16-8-7-9-17(25)12-16)22-18(26-15)13-24(2,3)14-19(22)28/h7-9,12,20-21H,4-6,10-11,13-14H2,1-3H3/t20?,21-/m0/s1. The van der Waals surface area contributed by atoms with Gasteiger partial charge in [0.1, 0.15) is 0 Å². The van der Waals surface area contributed by atoms with Crippen LogP contribution in [0.1, 0.15) is 64.4 Å². The number of allylic oxidation sites excluding steroid dienone is 2. The Hall–Kier alpha value is -1.94. The van der Waals surface area contributed by atoms with Crippen molar-refractivity contribution in [1.29, 1.82) is 0 Å². The summed E-state index contributed by atoms with van der Waals surface area (Å²) in [7, 11) is 0. The Kier molecular flexibility index (Phi) is 5.41. The van der Waals surface area contributed by atoms with Crippen molar-refractivity contribution in [2.75, 3.05) is 13.1 Å². The monoisotopic (exact) mass is 412 g/mol. The molecule has 3 aliphatic rings. The molecule has 0 spiro atoms. The first-order valence-corrected chi connectivity index (χ1v) is 11.0. The fourth-order valence-corrected chi connectivity index (χ4v) is 5.33. The molecule has 1 aromatic rings. The summed E-state index contributed by atoms with van der Waals surface area (Å²) in [5.41, 5.74) is 3.23. The molecular formula is C24H29ClN2O2. The highest BCUT2D eigenvalue weighted by Gasteiger charge is 2.46. The van der Waals surface area contributed by atoms with Crippen molar-refractivity contribution < 1.29 is 9.59 Å². The van der Waals surface area contributed by atoms with Crippen molar-refractivity contribution in [1.82, 2.24) is 4.90 Å². The van der Waals surface area contributed by atoms with E-state index in [9.17, 15) is 9.59 Å². The minimum atomic E-state index is -0.435. The summed E-state index contributed by atoms with van der Waals surface area (Å²) < 4.78 is 0. The highest BCUT2D eigenvalue weighted by atomic mass is 35.5. The molecule has 4 nitrogen and oxygen atoms in total. The topological polar surface area (TPSA) is 49.7 Å². The maximum absolute atomic E-state index is 13.6. The number of nitrogens with zero attached hydrogens (tertiary/aromatic N) is 2. The molecule has 0 radical (unpaired) electrons. The van der Waals surface area contributed by atoms with Gasteiger partial charge in [0, 0.05) is 47.4 Å². The third kappa shape index (κ3) is 3.92. The third-order valence-electron chi connectivity index (χ3n) is 6.44. The van der Waals surface area contributed by atoms with Crippen molar-refractivity contribution >= 4 is 29.0 Å². The number of amides is 1. The highest BCUT2D eigenvalue weighted by molar-refractivity contribution is 6.30. The van der Waals surface area contributed by atoms with Gasteiger partial charge < -0.3 is 4.90 Å². The average molecular weight is 413 g/mol. The first-order valence-electron chi connectivity index (χ1n) is 10.6. The van der Waals surface area contributed by atoms with Gasteiger partial charge in [0.15, 0.2) is 5.78 Å². The van der Waals surface area contributed by atoms with Gasteiger partial charge in [-0.25, -0.2) is 0 Å². The lowest BCUT2D eigenvalue weighted by Crippen LogP contribution is -2.46. The molecule has 1 unspecified atom stereocenters. The molecule has 1 aliphatic carbocycles. The lowest BCUT2D eigenvalue weighted by molar-refractivity contribution is -0.134. The molecule has 2 aliphatic heterocycles. The molecule has 1 saturated heterocycles. The van der Waals surface area contributed by atoms with Crippen LogP contribution < -0.4 is 0 Å². The fraction of sp³-hybridized carbons (Fsp3) is 0.542. The molecule has 2 atom stereocenters. The van der Waals surface area contributed by atoms with Gasteiger partial charge in [-0.15, -0.1) is 0 Å². The molecule has 0 bridgehead atoms. The van der Waals surface area contributed by atoms with Crippen LogP contribution in [0.3, 0.4) is 0 Å². The molecule has 29 heavy (non-hydrogen) atoms. The summed E-state index contributed by atoms with van der Waals surface area (Å²) in [5, 5.41) is 0.623. The van der Waals surface area contributed by atoms with Gasteiger partial charge in [-0.3, -0.25) is 14.6 Å². The SMILES string of the molecule is CC1=NC2=C(C(=O)CC(C)(C)C2)[C@@H](c2cccc(Cl)c2)C1C(=O)N1CCCCC1. The van der Waals surface area contributed by atoms with Gasteiger partial charge in [-0.05, 0) is 55.7 Å².